The van der Waals surface area contributed by atoms with E-state index in [4.69, 9.17) is 5.26 Å². The Balaban J connectivity index is 3.58. The molecule has 1 heterocycles. The first kappa shape index (κ1) is 12.2. The standard InChI is InChI=1S/C8H3F5N2O/c9-6(10)5-4(8(11,12)13)1-3(2-14)7(16)15-5/h1,6H,(H,15,16). The van der Waals surface area contributed by atoms with Crippen molar-refractivity contribution in [2.24, 2.45) is 0 Å². The molecule has 3 nitrogen and oxygen atoms in total. The summed E-state index contributed by atoms with van der Waals surface area (Å²) in [5.74, 6) is 0. The van der Waals surface area contributed by atoms with Gasteiger partial charge in [-0.1, -0.05) is 0 Å². The number of nitrogens with one attached hydrogen (secondary N) is 1. The summed E-state index contributed by atoms with van der Waals surface area (Å²) in [6.45, 7) is 0. The first-order valence-corrected chi connectivity index (χ1v) is 3.80. The van der Waals surface area contributed by atoms with Crippen molar-refractivity contribution in [1.82, 2.24) is 4.98 Å². The predicted molar refractivity (Wildman–Crippen MR) is 41.7 cm³/mol. The highest BCUT2D eigenvalue weighted by Gasteiger charge is 2.37. The first-order chi connectivity index (χ1) is 7.27. The second kappa shape index (κ2) is 3.92. The second-order valence-corrected chi connectivity index (χ2v) is 2.75. The number of alkyl halides is 5. The number of halogens is 5. The monoisotopic (exact) mass is 238 g/mol. The van der Waals surface area contributed by atoms with E-state index in [1.54, 1.807) is 0 Å². The highest BCUT2D eigenvalue weighted by Crippen LogP contribution is 2.34. The van der Waals surface area contributed by atoms with E-state index in [1.165, 1.54) is 11.1 Å². The molecule has 0 atom stereocenters. The third-order valence-electron chi connectivity index (χ3n) is 1.72. The van der Waals surface area contributed by atoms with Crippen molar-refractivity contribution in [2.45, 2.75) is 12.6 Å². The summed E-state index contributed by atoms with van der Waals surface area (Å²) in [6, 6.07) is 1.30. The lowest BCUT2D eigenvalue weighted by molar-refractivity contribution is -0.140. The number of aromatic nitrogens is 1. The Hall–Kier alpha value is -1.91. The van der Waals surface area contributed by atoms with Crippen LogP contribution in [0.2, 0.25) is 0 Å². The van der Waals surface area contributed by atoms with Gasteiger partial charge in [0, 0.05) is 0 Å². The summed E-state index contributed by atoms with van der Waals surface area (Å²) < 4.78 is 61.3. The molecular weight excluding hydrogens is 235 g/mol. The number of H-pyrrole nitrogens is 1. The normalized spacial score (nSPS) is 11.6. The van der Waals surface area contributed by atoms with Gasteiger partial charge in [0.25, 0.3) is 12.0 Å². The minimum atomic E-state index is -5.05. The van der Waals surface area contributed by atoms with E-state index in [0.717, 1.165) is 0 Å². The number of nitriles is 1. The molecular formula is C8H3F5N2O. The van der Waals surface area contributed by atoms with E-state index < -0.39 is 35.0 Å². The quantitative estimate of drug-likeness (QED) is 0.762. The van der Waals surface area contributed by atoms with Crippen LogP contribution in [-0.4, -0.2) is 4.98 Å². The molecule has 16 heavy (non-hydrogen) atoms. The number of hydrogen-bond donors (Lipinski definition) is 1. The lowest BCUT2D eigenvalue weighted by atomic mass is 10.1. The minimum absolute atomic E-state index is 0.111. The highest BCUT2D eigenvalue weighted by atomic mass is 19.4. The molecule has 0 saturated carbocycles. The van der Waals surface area contributed by atoms with Crippen LogP contribution in [0.25, 0.3) is 0 Å². The molecule has 0 amide bonds. The van der Waals surface area contributed by atoms with E-state index in [1.807, 2.05) is 0 Å². The molecule has 0 unspecified atom stereocenters. The van der Waals surface area contributed by atoms with Crippen LogP contribution in [0.1, 0.15) is 23.2 Å². The fourth-order valence-corrected chi connectivity index (χ4v) is 1.03. The van der Waals surface area contributed by atoms with Crippen molar-refractivity contribution in [2.75, 3.05) is 0 Å². The number of aromatic amines is 1. The summed E-state index contributed by atoms with van der Waals surface area (Å²) >= 11 is 0. The summed E-state index contributed by atoms with van der Waals surface area (Å²) in [5.41, 5.74) is -5.38. The maximum Gasteiger partial charge on any atom is 0.418 e. The zero-order chi connectivity index (χ0) is 12.5. The van der Waals surface area contributed by atoms with Gasteiger partial charge in [0.15, 0.2) is 0 Å². The largest absolute Gasteiger partial charge is 0.418 e. The summed E-state index contributed by atoms with van der Waals surface area (Å²) in [7, 11) is 0. The van der Waals surface area contributed by atoms with Gasteiger partial charge in [0.05, 0.1) is 11.3 Å². The fraction of sp³-hybridized carbons (Fsp3) is 0.250. The van der Waals surface area contributed by atoms with Crippen LogP contribution < -0.4 is 5.56 Å². The van der Waals surface area contributed by atoms with E-state index in [2.05, 4.69) is 0 Å². The molecule has 0 aliphatic carbocycles. The van der Waals surface area contributed by atoms with Crippen molar-refractivity contribution < 1.29 is 22.0 Å². The number of pyridine rings is 1. The summed E-state index contributed by atoms with van der Waals surface area (Å²) in [4.78, 5) is 12.2. The minimum Gasteiger partial charge on any atom is -0.319 e. The lowest BCUT2D eigenvalue weighted by Gasteiger charge is -2.11. The van der Waals surface area contributed by atoms with Gasteiger partial charge in [-0.15, -0.1) is 0 Å². The Morgan fingerprint density at radius 1 is 1.38 bits per heavy atom. The van der Waals surface area contributed by atoms with Gasteiger partial charge < -0.3 is 4.98 Å². The van der Waals surface area contributed by atoms with Crippen LogP contribution in [0, 0.1) is 11.3 Å². The predicted octanol–water partition coefficient (Wildman–Crippen LogP) is 2.20. The van der Waals surface area contributed by atoms with Crippen molar-refractivity contribution in [3.63, 3.8) is 0 Å². The number of rotatable bonds is 1. The molecule has 1 N–H and O–H groups in total. The smallest absolute Gasteiger partial charge is 0.319 e. The fourth-order valence-electron chi connectivity index (χ4n) is 1.03. The zero-order valence-corrected chi connectivity index (χ0v) is 7.40. The van der Waals surface area contributed by atoms with Gasteiger partial charge in [-0.2, -0.15) is 18.4 Å². The van der Waals surface area contributed by atoms with Gasteiger partial charge in [-0.25, -0.2) is 8.78 Å². The molecule has 1 aromatic rings. The first-order valence-electron chi connectivity index (χ1n) is 3.80. The Morgan fingerprint density at radius 3 is 2.31 bits per heavy atom. The van der Waals surface area contributed by atoms with Crippen molar-refractivity contribution in [1.29, 1.82) is 5.26 Å². The Morgan fingerprint density at radius 2 is 1.94 bits per heavy atom. The molecule has 0 aromatic carbocycles. The molecule has 1 aromatic heterocycles. The third-order valence-corrected chi connectivity index (χ3v) is 1.72. The van der Waals surface area contributed by atoms with Crippen LogP contribution in [0.3, 0.4) is 0 Å². The van der Waals surface area contributed by atoms with Crippen molar-refractivity contribution in [3.05, 3.63) is 33.2 Å². The lowest BCUT2D eigenvalue weighted by Crippen LogP contribution is -2.20. The molecule has 0 aliphatic rings. The van der Waals surface area contributed by atoms with E-state index in [-0.39, 0.29) is 6.07 Å². The Bertz CT molecular complexity index is 497. The average molecular weight is 238 g/mol. The molecule has 0 saturated heterocycles. The third kappa shape index (κ3) is 2.18. The maximum atomic E-state index is 12.3. The van der Waals surface area contributed by atoms with E-state index >= 15 is 0 Å². The zero-order valence-electron chi connectivity index (χ0n) is 7.40. The van der Waals surface area contributed by atoms with Crippen molar-refractivity contribution >= 4 is 0 Å². The summed E-state index contributed by atoms with van der Waals surface area (Å²) in [5, 5.41) is 8.31. The van der Waals surface area contributed by atoms with Crippen LogP contribution in [0.4, 0.5) is 22.0 Å². The van der Waals surface area contributed by atoms with Gasteiger partial charge in [0.2, 0.25) is 0 Å². The molecule has 0 aliphatic heterocycles. The van der Waals surface area contributed by atoms with Crippen LogP contribution >= 0.6 is 0 Å². The van der Waals surface area contributed by atoms with Crippen LogP contribution in [0.15, 0.2) is 10.9 Å². The van der Waals surface area contributed by atoms with E-state index in [9.17, 15) is 26.7 Å². The maximum absolute atomic E-state index is 12.3. The van der Waals surface area contributed by atoms with Gasteiger partial charge >= 0.3 is 6.18 Å². The highest BCUT2D eigenvalue weighted by molar-refractivity contribution is 5.35. The SMILES string of the molecule is N#Cc1cc(C(F)(F)F)c(C(F)F)[nH]c1=O. The van der Waals surface area contributed by atoms with E-state index in [0.29, 0.717) is 0 Å². The second-order valence-electron chi connectivity index (χ2n) is 2.75. The molecule has 0 spiro atoms. The molecule has 86 valence electrons. The molecule has 0 bridgehead atoms. The van der Waals surface area contributed by atoms with Crippen LogP contribution in [-0.2, 0) is 6.18 Å². The average Bonchev–Trinajstić information content (AvgIpc) is 2.15. The van der Waals surface area contributed by atoms with Crippen molar-refractivity contribution in [3.8, 4) is 6.07 Å². The Kier molecular flexibility index (Phi) is 2.98. The van der Waals surface area contributed by atoms with Gasteiger partial charge in [0.1, 0.15) is 11.6 Å². The summed E-state index contributed by atoms with van der Waals surface area (Å²) in [6.07, 6.45) is -8.53. The topological polar surface area (TPSA) is 56.6 Å². The number of hydrogen-bond acceptors (Lipinski definition) is 2. The van der Waals surface area contributed by atoms with Gasteiger partial charge in [-0.05, 0) is 6.07 Å². The van der Waals surface area contributed by atoms with Gasteiger partial charge in [-0.3, -0.25) is 4.79 Å². The molecule has 0 radical (unpaired) electrons. The Labute approximate surface area is 85.1 Å². The van der Waals surface area contributed by atoms with Crippen LogP contribution in [0.5, 0.6) is 0 Å². The molecule has 1 rings (SSSR count). The molecule has 8 heteroatoms. The number of nitrogens with zero attached hydrogens (tertiary/aromatic N) is 1. The molecule has 0 fully saturated rings.